The topological polar surface area (TPSA) is 67.3 Å². The van der Waals surface area contributed by atoms with Crippen LogP contribution in [0.25, 0.3) is 10.9 Å². The van der Waals surface area contributed by atoms with Crippen molar-refractivity contribution in [2.45, 2.75) is 45.3 Å². The van der Waals surface area contributed by atoms with Gasteiger partial charge in [-0.2, -0.15) is 0 Å². The summed E-state index contributed by atoms with van der Waals surface area (Å²) in [6.45, 7) is 6.90. The molecule has 0 spiro atoms. The highest BCUT2D eigenvalue weighted by molar-refractivity contribution is 5.89. The number of benzene rings is 1. The molecule has 1 N–H and O–H groups in total. The van der Waals surface area contributed by atoms with E-state index in [0.717, 1.165) is 19.4 Å². The molecule has 0 radical (unpaired) electrons. The Bertz CT molecular complexity index is 775. The number of para-hydroxylation sites is 1. The molecule has 3 rings (SSSR count). The number of ether oxygens (including phenoxy) is 1. The fourth-order valence-corrected chi connectivity index (χ4v) is 3.05. The third-order valence-corrected chi connectivity index (χ3v) is 4.04. The number of halogens is 1. The number of piperidine rings is 1. The lowest BCUT2D eigenvalue weighted by Crippen LogP contribution is -2.49. The SMILES string of the molecule is CC(C)(C)OC(=O)NC1CCCN(c2ncnc3c(F)cccc23)C1. The van der Waals surface area contributed by atoms with Crippen molar-refractivity contribution < 1.29 is 13.9 Å². The molecule has 6 nitrogen and oxygen atoms in total. The molecule has 1 aliphatic rings. The summed E-state index contributed by atoms with van der Waals surface area (Å²) in [5.74, 6) is 0.335. The van der Waals surface area contributed by atoms with Crippen LogP contribution < -0.4 is 10.2 Å². The van der Waals surface area contributed by atoms with E-state index in [-0.39, 0.29) is 11.9 Å². The largest absolute Gasteiger partial charge is 0.444 e. The van der Waals surface area contributed by atoms with Crippen molar-refractivity contribution in [3.05, 3.63) is 30.3 Å². The predicted octanol–water partition coefficient (Wildman–Crippen LogP) is 3.26. The number of nitrogens with one attached hydrogen (secondary N) is 1. The van der Waals surface area contributed by atoms with Gasteiger partial charge in [-0.1, -0.05) is 6.07 Å². The van der Waals surface area contributed by atoms with Crippen LogP contribution in [0, 0.1) is 5.82 Å². The quantitative estimate of drug-likeness (QED) is 0.904. The minimum atomic E-state index is -0.529. The molecule has 134 valence electrons. The highest BCUT2D eigenvalue weighted by atomic mass is 19.1. The lowest BCUT2D eigenvalue weighted by atomic mass is 10.1. The highest BCUT2D eigenvalue weighted by Crippen LogP contribution is 2.27. The number of fused-ring (bicyclic) bond motifs is 1. The number of anilines is 1. The first-order chi connectivity index (χ1) is 11.8. The molecule has 2 heterocycles. The van der Waals surface area contributed by atoms with Crippen molar-refractivity contribution in [2.24, 2.45) is 0 Å². The zero-order valence-electron chi connectivity index (χ0n) is 14.8. The number of alkyl carbamates (subject to hydrolysis) is 1. The Balaban J connectivity index is 1.76. The second kappa shape index (κ2) is 6.82. The molecule has 25 heavy (non-hydrogen) atoms. The number of carbonyl (C=O) groups is 1. The lowest BCUT2D eigenvalue weighted by Gasteiger charge is -2.34. The molecule has 1 aromatic carbocycles. The van der Waals surface area contributed by atoms with Crippen LogP contribution in [0.2, 0.25) is 0 Å². The maximum atomic E-state index is 14.0. The van der Waals surface area contributed by atoms with Gasteiger partial charge in [0.05, 0.1) is 0 Å². The number of hydrogen-bond acceptors (Lipinski definition) is 5. The molecule has 1 saturated heterocycles. The van der Waals surface area contributed by atoms with Gasteiger partial charge in [0, 0.05) is 24.5 Å². The van der Waals surface area contributed by atoms with Crippen molar-refractivity contribution in [1.82, 2.24) is 15.3 Å². The second-order valence-electron chi connectivity index (χ2n) is 7.26. The lowest BCUT2D eigenvalue weighted by molar-refractivity contribution is 0.0500. The van der Waals surface area contributed by atoms with E-state index in [4.69, 9.17) is 4.74 Å². The van der Waals surface area contributed by atoms with E-state index < -0.39 is 11.7 Å². The smallest absolute Gasteiger partial charge is 0.407 e. The van der Waals surface area contributed by atoms with Crippen LogP contribution in [-0.2, 0) is 4.74 Å². The summed E-state index contributed by atoms with van der Waals surface area (Å²) in [5, 5.41) is 3.60. The minimum Gasteiger partial charge on any atom is -0.444 e. The van der Waals surface area contributed by atoms with Gasteiger partial charge >= 0.3 is 6.09 Å². The third-order valence-electron chi connectivity index (χ3n) is 4.04. The molecule has 0 aliphatic carbocycles. The van der Waals surface area contributed by atoms with E-state index in [9.17, 15) is 9.18 Å². The zero-order valence-corrected chi connectivity index (χ0v) is 14.8. The second-order valence-corrected chi connectivity index (χ2v) is 7.26. The first-order valence-electron chi connectivity index (χ1n) is 8.47. The van der Waals surface area contributed by atoms with Gasteiger partial charge in [-0.3, -0.25) is 0 Å². The summed E-state index contributed by atoms with van der Waals surface area (Å²) in [5.41, 5.74) is -0.214. The van der Waals surface area contributed by atoms with Crippen molar-refractivity contribution in [3.63, 3.8) is 0 Å². The molecule has 0 saturated carbocycles. The van der Waals surface area contributed by atoms with Crippen molar-refractivity contribution >= 4 is 22.8 Å². The van der Waals surface area contributed by atoms with Crippen molar-refractivity contribution in [3.8, 4) is 0 Å². The number of rotatable bonds is 2. The van der Waals surface area contributed by atoms with E-state index in [0.29, 0.717) is 23.3 Å². The minimum absolute atomic E-state index is 0.0397. The van der Waals surface area contributed by atoms with E-state index >= 15 is 0 Å². The molecule has 1 unspecified atom stereocenters. The van der Waals surface area contributed by atoms with Gasteiger partial charge in [0.15, 0.2) is 0 Å². The fraction of sp³-hybridized carbons (Fsp3) is 0.500. The Kier molecular flexibility index (Phi) is 4.74. The summed E-state index contributed by atoms with van der Waals surface area (Å²) >= 11 is 0. The Labute approximate surface area is 146 Å². The van der Waals surface area contributed by atoms with Gasteiger partial charge < -0.3 is 15.0 Å². The van der Waals surface area contributed by atoms with Gasteiger partial charge in [0.1, 0.15) is 29.1 Å². The van der Waals surface area contributed by atoms with Crippen LogP contribution in [0.5, 0.6) is 0 Å². The van der Waals surface area contributed by atoms with Crippen LogP contribution in [0.4, 0.5) is 15.0 Å². The number of amides is 1. The number of carbonyl (C=O) groups excluding carboxylic acids is 1. The third kappa shape index (κ3) is 4.15. The predicted molar refractivity (Wildman–Crippen MR) is 94.1 cm³/mol. The Morgan fingerprint density at radius 1 is 1.36 bits per heavy atom. The van der Waals surface area contributed by atoms with Crippen LogP contribution in [-0.4, -0.2) is 40.8 Å². The molecule has 0 bridgehead atoms. The summed E-state index contributed by atoms with van der Waals surface area (Å²) in [7, 11) is 0. The first kappa shape index (κ1) is 17.4. The van der Waals surface area contributed by atoms with Crippen molar-refractivity contribution in [2.75, 3.05) is 18.0 Å². The number of nitrogens with zero attached hydrogens (tertiary/aromatic N) is 3. The highest BCUT2D eigenvalue weighted by Gasteiger charge is 2.26. The molecular weight excluding hydrogens is 323 g/mol. The molecule has 1 amide bonds. The maximum Gasteiger partial charge on any atom is 0.407 e. The monoisotopic (exact) mass is 346 g/mol. The molecule has 2 aromatic rings. The normalized spacial score (nSPS) is 18.2. The van der Waals surface area contributed by atoms with Crippen molar-refractivity contribution in [1.29, 1.82) is 0 Å². The average Bonchev–Trinajstić information content (AvgIpc) is 2.53. The first-order valence-corrected chi connectivity index (χ1v) is 8.47. The van der Waals surface area contributed by atoms with Crippen LogP contribution in [0.3, 0.4) is 0 Å². The Morgan fingerprint density at radius 2 is 2.16 bits per heavy atom. The summed E-state index contributed by atoms with van der Waals surface area (Å²) in [6, 6.07) is 4.83. The van der Waals surface area contributed by atoms with Gasteiger partial charge in [0.25, 0.3) is 0 Å². The Morgan fingerprint density at radius 3 is 2.92 bits per heavy atom. The van der Waals surface area contributed by atoms with Crippen LogP contribution in [0.1, 0.15) is 33.6 Å². The summed E-state index contributed by atoms with van der Waals surface area (Å²) < 4.78 is 19.3. The molecule has 1 aliphatic heterocycles. The number of aromatic nitrogens is 2. The fourth-order valence-electron chi connectivity index (χ4n) is 3.05. The molecule has 7 heteroatoms. The Hall–Kier alpha value is -2.44. The van der Waals surface area contributed by atoms with Crippen LogP contribution >= 0.6 is 0 Å². The van der Waals surface area contributed by atoms with Gasteiger partial charge in [-0.15, -0.1) is 0 Å². The summed E-state index contributed by atoms with van der Waals surface area (Å²) in [6.07, 6.45) is 2.73. The van der Waals surface area contributed by atoms with Crippen LogP contribution in [0.15, 0.2) is 24.5 Å². The van der Waals surface area contributed by atoms with E-state index in [1.165, 1.54) is 12.4 Å². The average molecular weight is 346 g/mol. The van der Waals surface area contributed by atoms with E-state index in [1.54, 1.807) is 6.07 Å². The molecule has 1 aromatic heterocycles. The van der Waals surface area contributed by atoms with Gasteiger partial charge in [-0.05, 0) is 45.7 Å². The molecule has 1 fully saturated rings. The zero-order chi connectivity index (χ0) is 18.0. The maximum absolute atomic E-state index is 14.0. The standard InChI is InChI=1S/C18H23FN4O2/c1-18(2,3)25-17(24)22-12-6-5-9-23(10-12)16-13-7-4-8-14(19)15(13)20-11-21-16/h4,7-8,11-12H,5-6,9-10H2,1-3H3,(H,22,24). The molecular formula is C18H23FN4O2. The number of hydrogen-bond donors (Lipinski definition) is 1. The van der Waals surface area contributed by atoms with Gasteiger partial charge in [0.2, 0.25) is 0 Å². The van der Waals surface area contributed by atoms with Gasteiger partial charge in [-0.25, -0.2) is 19.2 Å². The van der Waals surface area contributed by atoms with E-state index in [1.807, 2.05) is 26.8 Å². The van der Waals surface area contributed by atoms with E-state index in [2.05, 4.69) is 20.2 Å². The summed E-state index contributed by atoms with van der Waals surface area (Å²) in [4.78, 5) is 22.5. The molecule has 1 atom stereocenters.